The number of pyridine rings is 1. The lowest BCUT2D eigenvalue weighted by atomic mass is 10.1. The highest BCUT2D eigenvalue weighted by Gasteiger charge is 2.27. The van der Waals surface area contributed by atoms with E-state index in [1.54, 1.807) is 46.8 Å². The molecule has 1 aliphatic heterocycles. The fourth-order valence-electron chi connectivity index (χ4n) is 3.54. The third-order valence-corrected chi connectivity index (χ3v) is 8.30. The number of para-hydroxylation sites is 1. The molecule has 2 aromatic carbocycles. The number of hydrogen-bond acceptors (Lipinski definition) is 5. The average molecular weight is 476 g/mol. The van der Waals surface area contributed by atoms with E-state index in [0.29, 0.717) is 39.2 Å². The first-order valence-corrected chi connectivity index (χ1v) is 12.7. The number of carbonyl (C=O) groups excluding carboxylic acids is 1. The molecular formula is C22H22ClN3O3S2. The molecule has 0 aliphatic carbocycles. The molecule has 3 aromatic rings. The predicted octanol–water partition coefficient (Wildman–Crippen LogP) is 4.71. The van der Waals surface area contributed by atoms with Gasteiger partial charge in [-0.15, -0.1) is 0 Å². The Labute approximate surface area is 191 Å². The van der Waals surface area contributed by atoms with Crippen molar-refractivity contribution >= 4 is 55.9 Å². The smallest absolute Gasteiger partial charge is 0.243 e. The summed E-state index contributed by atoms with van der Waals surface area (Å²) in [5.41, 5.74) is 2.19. The van der Waals surface area contributed by atoms with Crippen molar-refractivity contribution in [3.8, 4) is 0 Å². The first-order chi connectivity index (χ1) is 14.8. The molecule has 0 spiro atoms. The number of hydrogen-bond donors (Lipinski definition) is 1. The zero-order valence-electron chi connectivity index (χ0n) is 17.0. The normalized spacial score (nSPS) is 14.8. The number of sulfonamides is 1. The molecule has 0 bridgehead atoms. The van der Waals surface area contributed by atoms with Crippen molar-refractivity contribution in [3.63, 3.8) is 0 Å². The summed E-state index contributed by atoms with van der Waals surface area (Å²) in [6, 6.07) is 14.0. The monoisotopic (exact) mass is 475 g/mol. The molecule has 162 valence electrons. The number of nitrogens with one attached hydrogen (secondary N) is 1. The van der Waals surface area contributed by atoms with Crippen LogP contribution in [-0.2, 0) is 14.8 Å². The molecule has 1 fully saturated rings. The molecule has 6 nitrogen and oxygen atoms in total. The van der Waals surface area contributed by atoms with E-state index >= 15 is 0 Å². The van der Waals surface area contributed by atoms with Crippen molar-refractivity contribution in [1.82, 2.24) is 9.29 Å². The average Bonchev–Trinajstić information content (AvgIpc) is 3.30. The van der Waals surface area contributed by atoms with E-state index in [1.165, 1.54) is 11.8 Å². The Morgan fingerprint density at radius 3 is 2.65 bits per heavy atom. The number of aromatic nitrogens is 1. The van der Waals surface area contributed by atoms with Crippen LogP contribution in [0.1, 0.15) is 18.4 Å². The number of anilines is 1. The largest absolute Gasteiger partial charge is 0.324 e. The zero-order chi connectivity index (χ0) is 22.0. The van der Waals surface area contributed by atoms with Crippen LogP contribution < -0.4 is 5.32 Å². The number of aryl methyl sites for hydroxylation is 1. The van der Waals surface area contributed by atoms with Gasteiger partial charge in [0.15, 0.2) is 0 Å². The first-order valence-electron chi connectivity index (χ1n) is 9.93. The third kappa shape index (κ3) is 4.87. The van der Waals surface area contributed by atoms with Gasteiger partial charge in [-0.05, 0) is 61.7 Å². The Morgan fingerprint density at radius 1 is 1.16 bits per heavy atom. The van der Waals surface area contributed by atoms with Gasteiger partial charge < -0.3 is 5.32 Å². The summed E-state index contributed by atoms with van der Waals surface area (Å²) in [6.07, 6.45) is 1.80. The van der Waals surface area contributed by atoms with Crippen molar-refractivity contribution in [3.05, 3.63) is 59.1 Å². The van der Waals surface area contributed by atoms with Crippen LogP contribution in [-0.4, -0.2) is 42.5 Å². The molecule has 1 aliphatic rings. The van der Waals surface area contributed by atoms with E-state index in [4.69, 9.17) is 11.6 Å². The predicted molar refractivity (Wildman–Crippen MR) is 125 cm³/mol. The number of benzene rings is 2. The maximum atomic E-state index is 12.9. The molecule has 0 atom stereocenters. The van der Waals surface area contributed by atoms with Crippen molar-refractivity contribution < 1.29 is 13.2 Å². The van der Waals surface area contributed by atoms with Gasteiger partial charge in [0.1, 0.15) is 0 Å². The fraction of sp³-hybridized carbons (Fsp3) is 0.273. The summed E-state index contributed by atoms with van der Waals surface area (Å²) < 4.78 is 27.3. The van der Waals surface area contributed by atoms with E-state index < -0.39 is 10.0 Å². The number of rotatable bonds is 6. The molecule has 0 radical (unpaired) electrons. The van der Waals surface area contributed by atoms with Gasteiger partial charge in [-0.3, -0.25) is 4.79 Å². The SMILES string of the molecule is Cc1cc(SCC(=O)Nc2ccccc2Cl)nc2ccc(S(=O)(=O)N3CCCC3)cc12. The minimum atomic E-state index is -3.48. The molecule has 1 saturated heterocycles. The lowest BCUT2D eigenvalue weighted by Crippen LogP contribution is -2.27. The zero-order valence-corrected chi connectivity index (χ0v) is 19.4. The first kappa shape index (κ1) is 22.1. The van der Waals surface area contributed by atoms with E-state index in [9.17, 15) is 13.2 Å². The summed E-state index contributed by atoms with van der Waals surface area (Å²) in [6.45, 7) is 3.07. The van der Waals surface area contributed by atoms with Crippen LogP contribution in [0.4, 0.5) is 5.69 Å². The quantitative estimate of drug-likeness (QED) is 0.522. The number of thioether (sulfide) groups is 1. The standard InChI is InChI=1S/C22H22ClN3O3S2/c1-15-12-22(30-14-21(27)24-20-7-3-2-6-18(20)23)25-19-9-8-16(13-17(15)19)31(28,29)26-10-4-5-11-26/h2-3,6-9,12-13H,4-5,10-11,14H2,1H3,(H,24,27). The summed E-state index contributed by atoms with van der Waals surface area (Å²) in [4.78, 5) is 17.2. The van der Waals surface area contributed by atoms with Crippen molar-refractivity contribution in [2.75, 3.05) is 24.2 Å². The molecular weight excluding hydrogens is 454 g/mol. The molecule has 1 amide bonds. The number of nitrogens with zero attached hydrogens (tertiary/aromatic N) is 2. The second-order valence-corrected chi connectivity index (χ2v) is 10.7. The topological polar surface area (TPSA) is 79.4 Å². The summed E-state index contributed by atoms with van der Waals surface area (Å²) >= 11 is 7.40. The molecule has 1 aromatic heterocycles. The fourth-order valence-corrected chi connectivity index (χ4v) is 6.04. The Kier molecular flexibility index (Phi) is 6.52. The van der Waals surface area contributed by atoms with E-state index in [0.717, 1.165) is 23.8 Å². The van der Waals surface area contributed by atoms with Crippen LogP contribution >= 0.6 is 23.4 Å². The highest BCUT2D eigenvalue weighted by atomic mass is 35.5. The van der Waals surface area contributed by atoms with Crippen LogP contribution in [0, 0.1) is 6.92 Å². The van der Waals surface area contributed by atoms with Gasteiger partial charge in [-0.25, -0.2) is 13.4 Å². The Hall–Kier alpha value is -2.13. The Bertz CT molecular complexity index is 1240. The van der Waals surface area contributed by atoms with E-state index in [-0.39, 0.29) is 11.7 Å². The van der Waals surface area contributed by atoms with Crippen LogP contribution in [0.5, 0.6) is 0 Å². The van der Waals surface area contributed by atoms with Gasteiger partial charge in [0.2, 0.25) is 15.9 Å². The van der Waals surface area contributed by atoms with Crippen molar-refractivity contribution in [2.45, 2.75) is 29.7 Å². The van der Waals surface area contributed by atoms with E-state index in [2.05, 4.69) is 10.3 Å². The highest BCUT2D eigenvalue weighted by Crippen LogP contribution is 2.28. The molecule has 1 N–H and O–H groups in total. The second kappa shape index (κ2) is 9.16. The van der Waals surface area contributed by atoms with Gasteiger partial charge >= 0.3 is 0 Å². The van der Waals surface area contributed by atoms with Crippen molar-refractivity contribution in [2.24, 2.45) is 0 Å². The second-order valence-electron chi connectivity index (χ2n) is 7.38. The molecule has 31 heavy (non-hydrogen) atoms. The summed E-state index contributed by atoms with van der Waals surface area (Å²) in [5.74, 6) is 0.00891. The Morgan fingerprint density at radius 2 is 1.90 bits per heavy atom. The lowest BCUT2D eigenvalue weighted by Gasteiger charge is -2.16. The number of fused-ring (bicyclic) bond motifs is 1. The van der Waals surface area contributed by atoms with Gasteiger partial charge in [0.05, 0.1) is 31.9 Å². The van der Waals surface area contributed by atoms with Gasteiger partial charge in [0.25, 0.3) is 0 Å². The Balaban J connectivity index is 1.50. The van der Waals surface area contributed by atoms with Crippen molar-refractivity contribution in [1.29, 1.82) is 0 Å². The van der Waals surface area contributed by atoms with Gasteiger partial charge in [-0.1, -0.05) is 35.5 Å². The molecule has 0 saturated carbocycles. The van der Waals surface area contributed by atoms with Gasteiger partial charge in [0, 0.05) is 18.5 Å². The molecule has 9 heteroatoms. The lowest BCUT2D eigenvalue weighted by molar-refractivity contribution is -0.113. The molecule has 4 rings (SSSR count). The number of carbonyl (C=O) groups is 1. The van der Waals surface area contributed by atoms with E-state index in [1.807, 2.05) is 13.0 Å². The number of amides is 1. The third-order valence-electron chi connectivity index (χ3n) is 5.17. The van der Waals surface area contributed by atoms with Crippen LogP contribution in [0.3, 0.4) is 0 Å². The number of halogens is 1. The van der Waals surface area contributed by atoms with Crippen LogP contribution in [0.2, 0.25) is 5.02 Å². The minimum Gasteiger partial charge on any atom is -0.324 e. The highest BCUT2D eigenvalue weighted by molar-refractivity contribution is 7.99. The maximum Gasteiger partial charge on any atom is 0.243 e. The van der Waals surface area contributed by atoms with Gasteiger partial charge in [-0.2, -0.15) is 4.31 Å². The maximum absolute atomic E-state index is 12.9. The molecule has 0 unspecified atom stereocenters. The summed E-state index contributed by atoms with van der Waals surface area (Å²) in [5, 5.41) is 4.78. The van der Waals surface area contributed by atoms with Crippen LogP contribution in [0.25, 0.3) is 10.9 Å². The van der Waals surface area contributed by atoms with Crippen LogP contribution in [0.15, 0.2) is 58.5 Å². The molecule has 2 heterocycles. The summed E-state index contributed by atoms with van der Waals surface area (Å²) in [7, 11) is -3.48. The minimum absolute atomic E-state index is 0.176.